The highest BCUT2D eigenvalue weighted by Gasteiger charge is 2.18. The minimum atomic E-state index is -0.315. The number of carbonyl (C=O) groups excluding carboxylic acids is 2. The lowest BCUT2D eigenvalue weighted by atomic mass is 10.2. The molecule has 0 fully saturated rings. The second-order valence-corrected chi connectivity index (χ2v) is 7.15. The van der Waals surface area contributed by atoms with E-state index in [1.165, 1.54) is 28.4 Å². The first-order valence-electron chi connectivity index (χ1n) is 7.04. The highest BCUT2D eigenvalue weighted by atomic mass is 79.9. The first kappa shape index (κ1) is 17.6. The van der Waals surface area contributed by atoms with Gasteiger partial charge in [0.2, 0.25) is 5.91 Å². The Morgan fingerprint density at radius 2 is 2.00 bits per heavy atom. The topological polar surface area (TPSA) is 49.4 Å². The maximum Gasteiger partial charge on any atom is 0.255 e. The molecule has 1 N–H and O–H groups in total. The molecule has 23 heavy (non-hydrogen) atoms. The van der Waals surface area contributed by atoms with Crippen LogP contribution in [0.5, 0.6) is 0 Å². The number of halogens is 2. The molecule has 2 amide bonds. The second-order valence-electron chi connectivity index (χ2n) is 4.86. The highest BCUT2D eigenvalue weighted by molar-refractivity contribution is 9.11. The normalized spacial score (nSPS) is 10.4. The smallest absolute Gasteiger partial charge is 0.255 e. The molecule has 1 aromatic heterocycles. The number of hydrogen-bond acceptors (Lipinski definition) is 3. The molecule has 0 bridgehead atoms. The van der Waals surface area contributed by atoms with Crippen molar-refractivity contribution in [2.45, 2.75) is 13.5 Å². The lowest BCUT2D eigenvalue weighted by Crippen LogP contribution is -2.40. The molecule has 0 saturated carbocycles. The number of hydrogen-bond donors (Lipinski definition) is 1. The standard InChI is InChI=1S/C16H16BrFN2O2S/c1-2-20(16(22)12-7-14(17)23-10-12)9-15(21)19-8-11-3-5-13(18)6-4-11/h3-7,10H,2,8-9H2,1H3,(H,19,21). The van der Waals surface area contributed by atoms with E-state index in [1.807, 2.05) is 6.92 Å². The maximum absolute atomic E-state index is 12.8. The molecule has 0 atom stereocenters. The van der Waals surface area contributed by atoms with Crippen molar-refractivity contribution in [2.75, 3.05) is 13.1 Å². The van der Waals surface area contributed by atoms with E-state index < -0.39 is 0 Å². The molecule has 0 unspecified atom stereocenters. The van der Waals surface area contributed by atoms with E-state index in [1.54, 1.807) is 23.6 Å². The van der Waals surface area contributed by atoms with Gasteiger partial charge in [-0.3, -0.25) is 9.59 Å². The quantitative estimate of drug-likeness (QED) is 0.809. The SMILES string of the molecule is CCN(CC(=O)NCc1ccc(F)cc1)C(=O)c1csc(Br)c1. The average Bonchev–Trinajstić information content (AvgIpc) is 2.98. The fraction of sp³-hybridized carbons (Fsp3) is 0.250. The zero-order valence-corrected chi connectivity index (χ0v) is 14.9. The van der Waals surface area contributed by atoms with Crippen molar-refractivity contribution < 1.29 is 14.0 Å². The lowest BCUT2D eigenvalue weighted by molar-refractivity contribution is -0.121. The molecule has 0 saturated heterocycles. The summed E-state index contributed by atoms with van der Waals surface area (Å²) in [7, 11) is 0. The number of nitrogens with one attached hydrogen (secondary N) is 1. The Bertz CT molecular complexity index is 688. The molecule has 0 aliphatic carbocycles. The van der Waals surface area contributed by atoms with Gasteiger partial charge in [-0.1, -0.05) is 12.1 Å². The molecule has 122 valence electrons. The summed E-state index contributed by atoms with van der Waals surface area (Å²) < 4.78 is 13.7. The van der Waals surface area contributed by atoms with Crippen molar-refractivity contribution in [3.8, 4) is 0 Å². The summed E-state index contributed by atoms with van der Waals surface area (Å²) in [5, 5.41) is 4.49. The van der Waals surface area contributed by atoms with Crippen molar-refractivity contribution in [3.63, 3.8) is 0 Å². The average molecular weight is 399 g/mol. The van der Waals surface area contributed by atoms with Gasteiger partial charge in [-0.05, 0) is 46.6 Å². The molecule has 4 nitrogen and oxygen atoms in total. The van der Waals surface area contributed by atoms with Gasteiger partial charge in [-0.25, -0.2) is 4.39 Å². The molecule has 1 heterocycles. The van der Waals surface area contributed by atoms with Crippen LogP contribution in [0.25, 0.3) is 0 Å². The number of carbonyl (C=O) groups is 2. The maximum atomic E-state index is 12.8. The molecule has 0 radical (unpaired) electrons. The number of rotatable bonds is 6. The van der Waals surface area contributed by atoms with Crippen molar-refractivity contribution in [1.82, 2.24) is 10.2 Å². The lowest BCUT2D eigenvalue weighted by Gasteiger charge is -2.19. The van der Waals surface area contributed by atoms with Crippen LogP contribution in [-0.4, -0.2) is 29.8 Å². The fourth-order valence-corrected chi connectivity index (χ4v) is 3.09. The van der Waals surface area contributed by atoms with Gasteiger partial charge in [0, 0.05) is 18.5 Å². The van der Waals surface area contributed by atoms with Gasteiger partial charge in [0.05, 0.1) is 15.9 Å². The van der Waals surface area contributed by atoms with Crippen LogP contribution in [0, 0.1) is 5.82 Å². The third-order valence-corrected chi connectivity index (χ3v) is 4.73. The van der Waals surface area contributed by atoms with Crippen molar-refractivity contribution >= 4 is 39.1 Å². The molecule has 1 aromatic carbocycles. The monoisotopic (exact) mass is 398 g/mol. The Hall–Kier alpha value is -1.73. The molecule has 0 spiro atoms. The number of thiophene rings is 1. The van der Waals surface area contributed by atoms with Gasteiger partial charge >= 0.3 is 0 Å². The number of benzene rings is 1. The number of nitrogens with zero attached hydrogens (tertiary/aromatic N) is 1. The van der Waals surface area contributed by atoms with Gasteiger partial charge in [-0.2, -0.15) is 0 Å². The van der Waals surface area contributed by atoms with Gasteiger partial charge in [0.1, 0.15) is 5.82 Å². The van der Waals surface area contributed by atoms with Crippen LogP contribution in [0.4, 0.5) is 4.39 Å². The van der Waals surface area contributed by atoms with Crippen LogP contribution in [-0.2, 0) is 11.3 Å². The summed E-state index contributed by atoms with van der Waals surface area (Å²) in [5.74, 6) is -0.741. The summed E-state index contributed by atoms with van der Waals surface area (Å²) in [6, 6.07) is 7.66. The third kappa shape index (κ3) is 5.14. The zero-order chi connectivity index (χ0) is 16.8. The van der Waals surface area contributed by atoms with E-state index in [4.69, 9.17) is 0 Å². The Kier molecular flexibility index (Phi) is 6.29. The Balaban J connectivity index is 1.89. The van der Waals surface area contributed by atoms with Crippen LogP contribution in [0.15, 0.2) is 39.5 Å². The summed E-state index contributed by atoms with van der Waals surface area (Å²) >= 11 is 4.75. The number of likely N-dealkylation sites (N-methyl/N-ethyl adjacent to an activating group) is 1. The van der Waals surface area contributed by atoms with E-state index in [0.29, 0.717) is 18.7 Å². The Morgan fingerprint density at radius 1 is 1.30 bits per heavy atom. The van der Waals surface area contributed by atoms with Crippen LogP contribution in [0.1, 0.15) is 22.8 Å². The third-order valence-electron chi connectivity index (χ3n) is 3.22. The molecular weight excluding hydrogens is 383 g/mol. The summed E-state index contributed by atoms with van der Waals surface area (Å²) in [6.45, 7) is 2.56. The summed E-state index contributed by atoms with van der Waals surface area (Å²) in [5.41, 5.74) is 1.37. The Morgan fingerprint density at radius 3 is 2.57 bits per heavy atom. The van der Waals surface area contributed by atoms with E-state index in [9.17, 15) is 14.0 Å². The van der Waals surface area contributed by atoms with Gasteiger partial charge in [0.15, 0.2) is 0 Å². The summed E-state index contributed by atoms with van der Waals surface area (Å²) in [6.07, 6.45) is 0. The van der Waals surface area contributed by atoms with E-state index in [2.05, 4.69) is 21.2 Å². The van der Waals surface area contributed by atoms with E-state index >= 15 is 0 Å². The predicted molar refractivity (Wildman–Crippen MR) is 91.8 cm³/mol. The molecule has 2 rings (SSSR count). The molecule has 0 aliphatic rings. The molecule has 0 aliphatic heterocycles. The van der Waals surface area contributed by atoms with Crippen molar-refractivity contribution in [1.29, 1.82) is 0 Å². The zero-order valence-electron chi connectivity index (χ0n) is 12.5. The van der Waals surface area contributed by atoms with E-state index in [0.717, 1.165) is 9.35 Å². The highest BCUT2D eigenvalue weighted by Crippen LogP contribution is 2.21. The van der Waals surface area contributed by atoms with Crippen LogP contribution >= 0.6 is 27.3 Å². The second kappa shape index (κ2) is 8.21. The first-order chi connectivity index (χ1) is 11.0. The predicted octanol–water partition coefficient (Wildman–Crippen LogP) is 3.43. The van der Waals surface area contributed by atoms with Crippen LogP contribution in [0.2, 0.25) is 0 Å². The van der Waals surface area contributed by atoms with Gasteiger partial charge < -0.3 is 10.2 Å². The van der Waals surface area contributed by atoms with Crippen molar-refractivity contribution in [3.05, 3.63) is 56.4 Å². The molecular formula is C16H16BrFN2O2S. The van der Waals surface area contributed by atoms with Crippen LogP contribution in [0.3, 0.4) is 0 Å². The first-order valence-corrected chi connectivity index (χ1v) is 8.71. The van der Waals surface area contributed by atoms with Crippen molar-refractivity contribution in [2.24, 2.45) is 0 Å². The fourth-order valence-electron chi connectivity index (χ4n) is 1.96. The Labute approximate surface area is 146 Å². The minimum Gasteiger partial charge on any atom is -0.350 e. The van der Waals surface area contributed by atoms with Crippen LogP contribution < -0.4 is 5.32 Å². The largest absolute Gasteiger partial charge is 0.350 e. The summed E-state index contributed by atoms with van der Waals surface area (Å²) in [4.78, 5) is 25.8. The number of amides is 2. The van der Waals surface area contributed by atoms with E-state index in [-0.39, 0.29) is 24.2 Å². The van der Waals surface area contributed by atoms with Gasteiger partial charge in [-0.15, -0.1) is 11.3 Å². The van der Waals surface area contributed by atoms with Gasteiger partial charge in [0.25, 0.3) is 5.91 Å². The molecule has 2 aromatic rings. The molecule has 7 heteroatoms. The minimum absolute atomic E-state index is 0.00993.